The largest absolute Gasteiger partial charge is 0.387 e. The van der Waals surface area contributed by atoms with E-state index in [-0.39, 0.29) is 0 Å². The van der Waals surface area contributed by atoms with Crippen molar-refractivity contribution in [1.29, 1.82) is 0 Å². The lowest BCUT2D eigenvalue weighted by Crippen LogP contribution is -2.02. The van der Waals surface area contributed by atoms with Gasteiger partial charge in [-0.05, 0) is 31.5 Å². The number of benzene rings is 1. The summed E-state index contributed by atoms with van der Waals surface area (Å²) < 4.78 is 0. The van der Waals surface area contributed by atoms with Gasteiger partial charge in [0, 0.05) is 16.5 Å². The van der Waals surface area contributed by atoms with Crippen molar-refractivity contribution in [1.82, 2.24) is 4.98 Å². The number of aliphatic hydroxyl groups excluding tert-OH is 1. The maximum Gasteiger partial charge on any atom is 0.0941 e. The fourth-order valence-corrected chi connectivity index (χ4v) is 3.24. The summed E-state index contributed by atoms with van der Waals surface area (Å²) >= 11 is 13.5. The van der Waals surface area contributed by atoms with E-state index in [1.54, 1.807) is 12.1 Å². The first-order valence-corrected chi connectivity index (χ1v) is 7.10. The van der Waals surface area contributed by atoms with Crippen LogP contribution in [0.3, 0.4) is 0 Å². The zero-order valence-corrected chi connectivity index (χ0v) is 12.4. The lowest BCUT2D eigenvalue weighted by molar-refractivity contribution is 0.181. The molecule has 1 heterocycles. The highest BCUT2D eigenvalue weighted by Crippen LogP contribution is 2.30. The minimum Gasteiger partial charge on any atom is -0.387 e. The Hall–Kier alpha value is -0.610. The molecule has 5 heteroatoms. The Morgan fingerprint density at radius 2 is 2.06 bits per heavy atom. The van der Waals surface area contributed by atoms with Gasteiger partial charge in [0.1, 0.15) is 0 Å². The number of aryl methyl sites for hydroxylation is 2. The lowest BCUT2D eigenvalue weighted by Gasteiger charge is -2.11. The molecular formula is C13H13Cl2NOS. The monoisotopic (exact) mass is 301 g/mol. The molecule has 1 aromatic carbocycles. The first kappa shape index (κ1) is 13.8. The standard InChI is InChI=1S/C13H13Cl2NOS/c1-7-13(18-8(2)16-7)12(17)5-9-3-4-10(14)6-11(9)15/h3-4,6,12,17H,5H2,1-2H3. The van der Waals surface area contributed by atoms with Crippen molar-refractivity contribution < 1.29 is 5.11 Å². The van der Waals surface area contributed by atoms with Crippen LogP contribution in [0.4, 0.5) is 0 Å². The lowest BCUT2D eigenvalue weighted by atomic mass is 10.1. The summed E-state index contributed by atoms with van der Waals surface area (Å²) in [6, 6.07) is 5.31. The van der Waals surface area contributed by atoms with Gasteiger partial charge in [0.2, 0.25) is 0 Å². The summed E-state index contributed by atoms with van der Waals surface area (Å²) in [7, 11) is 0. The predicted octanol–water partition coefficient (Wildman–Crippen LogP) is 4.34. The van der Waals surface area contributed by atoms with Crippen LogP contribution in [0.2, 0.25) is 10.0 Å². The third-order valence-electron chi connectivity index (χ3n) is 2.67. The first-order chi connectivity index (χ1) is 8.47. The van der Waals surface area contributed by atoms with Crippen molar-refractivity contribution in [3.05, 3.63) is 49.4 Å². The fraction of sp³-hybridized carbons (Fsp3) is 0.308. The number of nitrogens with zero attached hydrogens (tertiary/aromatic N) is 1. The number of halogens is 2. The molecule has 1 unspecified atom stereocenters. The van der Waals surface area contributed by atoms with Gasteiger partial charge in [-0.2, -0.15) is 0 Å². The van der Waals surface area contributed by atoms with E-state index in [0.717, 1.165) is 21.1 Å². The zero-order chi connectivity index (χ0) is 13.3. The number of hydrogen-bond donors (Lipinski definition) is 1. The molecule has 1 N–H and O–H groups in total. The smallest absolute Gasteiger partial charge is 0.0941 e. The third kappa shape index (κ3) is 3.04. The van der Waals surface area contributed by atoms with Crippen LogP contribution in [-0.2, 0) is 6.42 Å². The Balaban J connectivity index is 2.21. The summed E-state index contributed by atoms with van der Waals surface area (Å²) in [5.41, 5.74) is 1.77. The van der Waals surface area contributed by atoms with Crippen LogP contribution < -0.4 is 0 Å². The zero-order valence-electron chi connectivity index (χ0n) is 10.1. The Morgan fingerprint density at radius 3 is 2.61 bits per heavy atom. The van der Waals surface area contributed by atoms with E-state index in [9.17, 15) is 5.11 Å². The molecule has 0 spiro atoms. The van der Waals surface area contributed by atoms with Crippen molar-refractivity contribution in [2.45, 2.75) is 26.4 Å². The molecule has 0 amide bonds. The fourth-order valence-electron chi connectivity index (χ4n) is 1.84. The minimum absolute atomic E-state index is 0.471. The molecule has 0 aliphatic heterocycles. The molecule has 0 saturated carbocycles. The quantitative estimate of drug-likeness (QED) is 0.914. The highest BCUT2D eigenvalue weighted by molar-refractivity contribution is 7.11. The summed E-state index contributed by atoms with van der Waals surface area (Å²) in [4.78, 5) is 5.22. The van der Waals surface area contributed by atoms with Crippen LogP contribution >= 0.6 is 34.5 Å². The van der Waals surface area contributed by atoms with Crippen molar-refractivity contribution in [2.24, 2.45) is 0 Å². The Labute approximate surface area is 120 Å². The van der Waals surface area contributed by atoms with E-state index in [0.29, 0.717) is 16.5 Å². The maximum absolute atomic E-state index is 10.2. The second kappa shape index (κ2) is 5.57. The molecule has 0 aliphatic carbocycles. The number of rotatable bonds is 3. The molecule has 0 bridgehead atoms. The summed E-state index contributed by atoms with van der Waals surface area (Å²) in [5, 5.41) is 12.4. The number of aliphatic hydroxyl groups is 1. The molecule has 0 aliphatic rings. The Kier molecular flexibility index (Phi) is 4.28. The van der Waals surface area contributed by atoms with E-state index >= 15 is 0 Å². The topological polar surface area (TPSA) is 33.1 Å². The van der Waals surface area contributed by atoms with Gasteiger partial charge in [-0.15, -0.1) is 11.3 Å². The van der Waals surface area contributed by atoms with Crippen LogP contribution in [0.15, 0.2) is 18.2 Å². The molecule has 0 saturated heterocycles. The highest BCUT2D eigenvalue weighted by atomic mass is 35.5. The Bertz CT molecular complexity index is 568. The molecule has 0 radical (unpaired) electrons. The molecule has 2 aromatic rings. The summed E-state index contributed by atoms with van der Waals surface area (Å²) in [6.07, 6.45) is -0.103. The number of aromatic nitrogens is 1. The summed E-state index contributed by atoms with van der Waals surface area (Å²) in [6.45, 7) is 3.84. The van der Waals surface area contributed by atoms with Gasteiger partial charge < -0.3 is 5.11 Å². The molecule has 1 aromatic heterocycles. The van der Waals surface area contributed by atoms with Crippen molar-refractivity contribution in [2.75, 3.05) is 0 Å². The van der Waals surface area contributed by atoms with Gasteiger partial charge in [-0.3, -0.25) is 0 Å². The second-order valence-electron chi connectivity index (χ2n) is 4.14. The third-order valence-corrected chi connectivity index (χ3v) is 4.43. The van der Waals surface area contributed by atoms with Gasteiger partial charge in [0.15, 0.2) is 0 Å². The van der Waals surface area contributed by atoms with Crippen molar-refractivity contribution in [3.8, 4) is 0 Å². The molecule has 18 heavy (non-hydrogen) atoms. The molecular weight excluding hydrogens is 289 g/mol. The van der Waals surface area contributed by atoms with E-state index in [4.69, 9.17) is 23.2 Å². The first-order valence-electron chi connectivity index (χ1n) is 5.53. The van der Waals surface area contributed by atoms with Crippen LogP contribution in [0.5, 0.6) is 0 Å². The average molecular weight is 302 g/mol. The van der Waals surface area contributed by atoms with E-state index in [1.807, 2.05) is 19.9 Å². The Morgan fingerprint density at radius 1 is 1.33 bits per heavy atom. The normalized spacial score (nSPS) is 12.7. The second-order valence-corrected chi connectivity index (χ2v) is 6.22. The highest BCUT2D eigenvalue weighted by Gasteiger charge is 2.16. The van der Waals surface area contributed by atoms with E-state index in [2.05, 4.69) is 4.98 Å². The maximum atomic E-state index is 10.2. The minimum atomic E-state index is -0.574. The van der Waals surface area contributed by atoms with Crippen LogP contribution in [0.25, 0.3) is 0 Å². The molecule has 2 nitrogen and oxygen atoms in total. The van der Waals surface area contributed by atoms with Crippen molar-refractivity contribution in [3.63, 3.8) is 0 Å². The van der Waals surface area contributed by atoms with Gasteiger partial charge in [-0.25, -0.2) is 4.98 Å². The molecule has 1 atom stereocenters. The van der Waals surface area contributed by atoms with Gasteiger partial charge >= 0.3 is 0 Å². The molecule has 96 valence electrons. The molecule has 0 fully saturated rings. The van der Waals surface area contributed by atoms with Crippen LogP contribution in [0, 0.1) is 13.8 Å². The van der Waals surface area contributed by atoms with Crippen LogP contribution in [0.1, 0.15) is 27.2 Å². The predicted molar refractivity (Wildman–Crippen MR) is 76.7 cm³/mol. The van der Waals surface area contributed by atoms with Gasteiger partial charge in [0.25, 0.3) is 0 Å². The number of hydrogen-bond acceptors (Lipinski definition) is 3. The van der Waals surface area contributed by atoms with Gasteiger partial charge in [-0.1, -0.05) is 29.3 Å². The van der Waals surface area contributed by atoms with Crippen molar-refractivity contribution >= 4 is 34.5 Å². The van der Waals surface area contributed by atoms with Gasteiger partial charge in [0.05, 0.1) is 21.7 Å². The number of thiazole rings is 1. The average Bonchev–Trinajstić information content (AvgIpc) is 2.62. The van der Waals surface area contributed by atoms with E-state index in [1.165, 1.54) is 11.3 Å². The van der Waals surface area contributed by atoms with E-state index < -0.39 is 6.10 Å². The summed E-state index contributed by atoms with van der Waals surface area (Å²) in [5.74, 6) is 0. The molecule has 2 rings (SSSR count). The SMILES string of the molecule is Cc1nc(C)c(C(O)Cc2ccc(Cl)cc2Cl)s1. The van der Waals surface area contributed by atoms with Crippen LogP contribution in [-0.4, -0.2) is 10.1 Å².